The molecule has 4 aromatic rings. The molecular weight excluding hydrogens is 683 g/mol. The number of aryl methyl sites for hydroxylation is 2. The Labute approximate surface area is 307 Å². The van der Waals surface area contributed by atoms with Gasteiger partial charge in [0.2, 0.25) is 23.6 Å². The smallest absolute Gasteiger partial charge is 0.220 e. The number of rotatable bonds is 11. The van der Waals surface area contributed by atoms with E-state index < -0.39 is 5.82 Å². The zero-order valence-corrected chi connectivity index (χ0v) is 30.0. The molecule has 4 aliphatic rings. The van der Waals surface area contributed by atoms with E-state index in [0.29, 0.717) is 76.4 Å². The number of nitrogens with zero attached hydrogens (tertiary/aromatic N) is 2. The topological polar surface area (TPSA) is 126 Å². The summed E-state index contributed by atoms with van der Waals surface area (Å²) in [7, 11) is 3.21. The van der Waals surface area contributed by atoms with Crippen LogP contribution in [-0.2, 0) is 22.4 Å². The predicted molar refractivity (Wildman–Crippen MR) is 197 cm³/mol. The van der Waals surface area contributed by atoms with Gasteiger partial charge in [0, 0.05) is 83.5 Å². The van der Waals surface area contributed by atoms with Gasteiger partial charge in [-0.05, 0) is 67.9 Å². The average Bonchev–Trinajstić information content (AvgIpc) is 3.96. The molecule has 0 spiro atoms. The van der Waals surface area contributed by atoms with Gasteiger partial charge in [-0.3, -0.25) is 9.59 Å². The van der Waals surface area contributed by atoms with E-state index >= 15 is 4.39 Å². The number of amides is 2. The maximum atomic E-state index is 16.6. The highest BCUT2D eigenvalue weighted by Crippen LogP contribution is 2.44. The van der Waals surface area contributed by atoms with Crippen LogP contribution in [0.2, 0.25) is 5.02 Å². The molecule has 8 rings (SSSR count). The summed E-state index contributed by atoms with van der Waals surface area (Å²) >= 11 is 7.12. The molecule has 2 saturated heterocycles. The molecule has 4 N–H and O–H groups in total. The quantitative estimate of drug-likeness (QED) is 0.149. The van der Waals surface area contributed by atoms with Crippen molar-refractivity contribution in [2.24, 2.45) is 0 Å². The van der Waals surface area contributed by atoms with Crippen LogP contribution in [0.5, 0.6) is 11.8 Å². The summed E-state index contributed by atoms with van der Waals surface area (Å²) in [5.74, 6) is 0.779. The highest BCUT2D eigenvalue weighted by molar-refractivity contribution is 6.36. The molecule has 2 aromatic heterocycles. The van der Waals surface area contributed by atoms with Gasteiger partial charge in [-0.2, -0.15) is 0 Å². The van der Waals surface area contributed by atoms with Crippen LogP contribution in [0.15, 0.2) is 48.5 Å². The number of hydrogen-bond donors (Lipinski definition) is 4. The van der Waals surface area contributed by atoms with E-state index in [1.165, 1.54) is 0 Å². The summed E-state index contributed by atoms with van der Waals surface area (Å²) < 4.78 is 28.2. The van der Waals surface area contributed by atoms with Gasteiger partial charge < -0.3 is 30.7 Å². The van der Waals surface area contributed by atoms with Crippen molar-refractivity contribution in [1.29, 1.82) is 0 Å². The van der Waals surface area contributed by atoms with Gasteiger partial charge in [0.25, 0.3) is 0 Å². The molecule has 2 aliphatic carbocycles. The van der Waals surface area contributed by atoms with Crippen molar-refractivity contribution in [1.82, 2.24) is 31.2 Å². The fourth-order valence-electron chi connectivity index (χ4n) is 8.31. The lowest BCUT2D eigenvalue weighted by molar-refractivity contribution is -0.120. The van der Waals surface area contributed by atoms with Gasteiger partial charge in [-0.25, -0.2) is 14.4 Å². The van der Waals surface area contributed by atoms with Gasteiger partial charge in [-0.1, -0.05) is 41.9 Å². The van der Waals surface area contributed by atoms with Gasteiger partial charge in [0.1, 0.15) is 5.82 Å². The molecule has 2 aliphatic heterocycles. The van der Waals surface area contributed by atoms with E-state index in [1.54, 1.807) is 26.4 Å². The molecular formula is C40H42ClFN6O4. The van der Waals surface area contributed by atoms with E-state index in [-0.39, 0.29) is 36.0 Å². The molecule has 10 nitrogen and oxygen atoms in total. The Hall–Kier alpha value is -4.58. The van der Waals surface area contributed by atoms with Crippen LogP contribution in [0.4, 0.5) is 4.39 Å². The van der Waals surface area contributed by atoms with Crippen molar-refractivity contribution < 1.29 is 23.5 Å². The number of methoxy groups -OCH3 is 2. The van der Waals surface area contributed by atoms with E-state index in [2.05, 4.69) is 27.3 Å². The standard InChI is InChI=1S/C40H42ClFN6O4/c1-51-39-35-21(9-13-29(35)43-19-23-11-15-33(49)45-23)17-31(47-39)27-7-3-5-25(37(27)41)26-6-4-8-28(38(26)42)32-18-22-10-14-30(36(22)40(48-32)52-2)44-20-24-12-16-34(50)46-24/h3-8,17-18,23-24,29-30,43-44H,9-16,19-20H2,1-2H3,(H,45,49)(H,46,50)/t23-,24-,29+,30-/m0/s1. The van der Waals surface area contributed by atoms with Crippen LogP contribution in [0.1, 0.15) is 72.9 Å². The molecule has 0 saturated carbocycles. The maximum Gasteiger partial charge on any atom is 0.220 e. The molecule has 4 atom stereocenters. The number of carbonyl (C=O) groups excluding carboxylic acids is 2. The van der Waals surface area contributed by atoms with Crippen LogP contribution in [-0.4, -0.2) is 61.2 Å². The Morgan fingerprint density at radius 3 is 1.69 bits per heavy atom. The average molecular weight is 725 g/mol. The van der Waals surface area contributed by atoms with Crippen LogP contribution in [0, 0.1) is 5.82 Å². The lowest BCUT2D eigenvalue weighted by Gasteiger charge is -2.20. The largest absolute Gasteiger partial charge is 0.481 e. The third-order valence-electron chi connectivity index (χ3n) is 10.9. The first-order valence-electron chi connectivity index (χ1n) is 18.1. The third-order valence-corrected chi connectivity index (χ3v) is 11.3. The summed E-state index contributed by atoms with van der Waals surface area (Å²) in [5, 5.41) is 13.6. The number of halogens is 2. The number of hydrogen-bond acceptors (Lipinski definition) is 8. The molecule has 52 heavy (non-hydrogen) atoms. The van der Waals surface area contributed by atoms with Crippen LogP contribution >= 0.6 is 11.6 Å². The summed E-state index contributed by atoms with van der Waals surface area (Å²) in [6, 6.07) is 15.2. The van der Waals surface area contributed by atoms with Crippen molar-refractivity contribution in [3.63, 3.8) is 0 Å². The van der Waals surface area contributed by atoms with Crippen molar-refractivity contribution in [3.05, 3.63) is 81.6 Å². The molecule has 0 unspecified atom stereocenters. The molecule has 2 fully saturated rings. The number of pyridine rings is 2. The Bertz CT molecular complexity index is 1910. The number of aromatic nitrogens is 2. The molecule has 0 radical (unpaired) electrons. The minimum absolute atomic E-state index is 0.0384. The van der Waals surface area contributed by atoms with Crippen LogP contribution < -0.4 is 30.7 Å². The number of nitrogens with one attached hydrogen (secondary N) is 4. The minimum Gasteiger partial charge on any atom is -0.481 e. The molecule has 270 valence electrons. The fourth-order valence-corrected chi connectivity index (χ4v) is 8.64. The Morgan fingerprint density at radius 1 is 0.712 bits per heavy atom. The molecule has 0 bridgehead atoms. The minimum atomic E-state index is -0.424. The highest BCUT2D eigenvalue weighted by atomic mass is 35.5. The molecule has 4 heterocycles. The number of ether oxygens (including phenoxy) is 2. The van der Waals surface area contributed by atoms with Crippen molar-refractivity contribution >= 4 is 23.4 Å². The van der Waals surface area contributed by atoms with Crippen molar-refractivity contribution in [3.8, 4) is 45.4 Å². The van der Waals surface area contributed by atoms with E-state index in [1.807, 2.05) is 30.3 Å². The van der Waals surface area contributed by atoms with Crippen LogP contribution in [0.3, 0.4) is 0 Å². The first-order valence-corrected chi connectivity index (χ1v) is 18.5. The second-order valence-electron chi connectivity index (χ2n) is 14.1. The second-order valence-corrected chi connectivity index (χ2v) is 14.5. The van der Waals surface area contributed by atoms with E-state index in [0.717, 1.165) is 60.8 Å². The summed E-state index contributed by atoms with van der Waals surface area (Å²) in [6.45, 7) is 1.36. The summed E-state index contributed by atoms with van der Waals surface area (Å²) in [6.07, 6.45) is 6.18. The lowest BCUT2D eigenvalue weighted by atomic mass is 9.96. The van der Waals surface area contributed by atoms with Gasteiger partial charge >= 0.3 is 0 Å². The number of carbonyl (C=O) groups is 2. The maximum absolute atomic E-state index is 16.6. The van der Waals surface area contributed by atoms with Gasteiger partial charge in [0.15, 0.2) is 0 Å². The Balaban J connectivity index is 1.07. The molecule has 2 aromatic carbocycles. The highest BCUT2D eigenvalue weighted by Gasteiger charge is 2.32. The van der Waals surface area contributed by atoms with Crippen molar-refractivity contribution in [2.45, 2.75) is 75.5 Å². The zero-order chi connectivity index (χ0) is 35.9. The molecule has 2 amide bonds. The van der Waals surface area contributed by atoms with E-state index in [4.69, 9.17) is 31.0 Å². The normalized spacial score (nSPS) is 21.9. The number of fused-ring (bicyclic) bond motifs is 2. The monoisotopic (exact) mass is 724 g/mol. The SMILES string of the molecule is COc1nc(-c2cccc(-c3cccc(-c4cc5c(c(OC)n4)[C@H](NC[C@@H]4CCC(=O)N4)CC5)c3Cl)c2F)cc2c1[C@@H](NC[C@@H]1CCC(=O)N1)CC2. The van der Waals surface area contributed by atoms with Gasteiger partial charge in [-0.15, -0.1) is 0 Å². The zero-order valence-electron chi connectivity index (χ0n) is 29.3. The van der Waals surface area contributed by atoms with E-state index in [9.17, 15) is 9.59 Å². The summed E-state index contributed by atoms with van der Waals surface area (Å²) in [5.41, 5.74) is 7.33. The van der Waals surface area contributed by atoms with Gasteiger partial charge in [0.05, 0.1) is 30.6 Å². The first kappa shape index (κ1) is 34.5. The predicted octanol–water partition coefficient (Wildman–Crippen LogP) is 6.00. The number of benzene rings is 2. The Morgan fingerprint density at radius 2 is 1.19 bits per heavy atom. The van der Waals surface area contributed by atoms with Crippen LogP contribution in [0.25, 0.3) is 33.6 Å². The molecule has 12 heteroatoms. The summed E-state index contributed by atoms with van der Waals surface area (Å²) in [4.78, 5) is 33.0. The Kier molecular flexibility index (Phi) is 9.58. The third kappa shape index (κ3) is 6.50. The first-order chi connectivity index (χ1) is 25.3. The fraction of sp³-hybridized carbons (Fsp3) is 0.400. The lowest BCUT2D eigenvalue weighted by Crippen LogP contribution is -2.37. The van der Waals surface area contributed by atoms with Crippen molar-refractivity contribution in [2.75, 3.05) is 27.3 Å². The second kappa shape index (κ2) is 14.4.